The minimum atomic E-state index is -0.0402. The first-order valence-corrected chi connectivity index (χ1v) is 11.9. The lowest BCUT2D eigenvalue weighted by Crippen LogP contribution is -2.40. The molecular formula is C25H29NO4S. The summed E-state index contributed by atoms with van der Waals surface area (Å²) in [5.74, 6) is 1.80. The third-order valence-corrected chi connectivity index (χ3v) is 7.30. The highest BCUT2D eigenvalue weighted by Gasteiger charge is 2.29. The number of Topliss-reactive ketones (excluding diaryl/α,β-unsaturated/α-hetero) is 1. The maximum absolute atomic E-state index is 13.2. The molecule has 1 amide bonds. The van der Waals surface area contributed by atoms with E-state index in [-0.39, 0.29) is 23.7 Å². The van der Waals surface area contributed by atoms with Crippen molar-refractivity contribution >= 4 is 23.5 Å². The summed E-state index contributed by atoms with van der Waals surface area (Å²) in [6, 6.07) is 15.1. The number of benzene rings is 2. The smallest absolute Gasteiger partial charge is 0.254 e. The van der Waals surface area contributed by atoms with E-state index in [2.05, 4.69) is 0 Å². The molecule has 0 aromatic heterocycles. The van der Waals surface area contributed by atoms with E-state index in [0.717, 1.165) is 41.4 Å². The fraction of sp³-hybridized carbons (Fsp3) is 0.440. The van der Waals surface area contributed by atoms with Gasteiger partial charge >= 0.3 is 0 Å². The van der Waals surface area contributed by atoms with E-state index in [1.54, 1.807) is 18.9 Å². The van der Waals surface area contributed by atoms with Crippen molar-refractivity contribution in [2.24, 2.45) is 5.92 Å². The quantitative estimate of drug-likeness (QED) is 0.462. The van der Waals surface area contributed by atoms with E-state index in [0.29, 0.717) is 31.5 Å². The molecule has 0 aliphatic carbocycles. The van der Waals surface area contributed by atoms with Crippen molar-refractivity contribution in [3.8, 4) is 5.75 Å². The average molecular weight is 440 g/mol. The Balaban J connectivity index is 1.35. The van der Waals surface area contributed by atoms with E-state index in [9.17, 15) is 9.59 Å². The fourth-order valence-corrected chi connectivity index (χ4v) is 5.35. The van der Waals surface area contributed by atoms with Crippen LogP contribution in [0.25, 0.3) is 0 Å². The van der Waals surface area contributed by atoms with Crippen molar-refractivity contribution in [3.63, 3.8) is 0 Å². The molecule has 2 heterocycles. The highest BCUT2D eigenvalue weighted by Crippen LogP contribution is 2.29. The topological polar surface area (TPSA) is 55.8 Å². The van der Waals surface area contributed by atoms with Crippen LogP contribution in [0.2, 0.25) is 0 Å². The zero-order valence-corrected chi connectivity index (χ0v) is 18.7. The van der Waals surface area contributed by atoms with Gasteiger partial charge in [-0.05, 0) is 62.1 Å². The largest absolute Gasteiger partial charge is 0.497 e. The molecule has 2 aromatic rings. The Morgan fingerprint density at radius 1 is 1.06 bits per heavy atom. The Kier molecular flexibility index (Phi) is 7.30. The predicted molar refractivity (Wildman–Crippen MR) is 122 cm³/mol. The van der Waals surface area contributed by atoms with Crippen molar-refractivity contribution in [2.45, 2.75) is 36.7 Å². The van der Waals surface area contributed by atoms with Gasteiger partial charge in [0.2, 0.25) is 0 Å². The van der Waals surface area contributed by atoms with Crippen LogP contribution < -0.4 is 4.74 Å². The second kappa shape index (κ2) is 10.3. The van der Waals surface area contributed by atoms with Crippen LogP contribution in [0.4, 0.5) is 0 Å². The van der Waals surface area contributed by atoms with Gasteiger partial charge in [0.05, 0.1) is 18.8 Å². The number of methoxy groups -OCH3 is 1. The molecule has 0 N–H and O–H groups in total. The Labute approximate surface area is 188 Å². The second-order valence-electron chi connectivity index (χ2n) is 8.10. The third kappa shape index (κ3) is 5.31. The van der Waals surface area contributed by atoms with Gasteiger partial charge < -0.3 is 14.4 Å². The van der Waals surface area contributed by atoms with Gasteiger partial charge in [-0.25, -0.2) is 0 Å². The number of rotatable bonds is 7. The lowest BCUT2D eigenvalue weighted by atomic mass is 9.88. The van der Waals surface area contributed by atoms with E-state index in [1.165, 1.54) is 0 Å². The number of carbonyl (C=O) groups is 2. The van der Waals surface area contributed by atoms with Crippen LogP contribution >= 0.6 is 11.8 Å². The maximum atomic E-state index is 13.2. The van der Waals surface area contributed by atoms with E-state index in [1.807, 2.05) is 53.4 Å². The summed E-state index contributed by atoms with van der Waals surface area (Å²) in [4.78, 5) is 29.0. The van der Waals surface area contributed by atoms with Crippen molar-refractivity contribution in [1.29, 1.82) is 0 Å². The Bertz CT molecular complexity index is 900. The van der Waals surface area contributed by atoms with Gasteiger partial charge in [0.1, 0.15) is 5.75 Å². The molecule has 4 rings (SSSR count). The van der Waals surface area contributed by atoms with Crippen molar-refractivity contribution in [3.05, 3.63) is 59.7 Å². The molecule has 0 radical (unpaired) electrons. The molecule has 2 fully saturated rings. The number of thioether (sulfide) groups is 1. The highest BCUT2D eigenvalue weighted by atomic mass is 32.2. The third-order valence-electron chi connectivity index (χ3n) is 6.09. The van der Waals surface area contributed by atoms with Crippen LogP contribution in [-0.4, -0.2) is 55.3 Å². The fourth-order valence-electron chi connectivity index (χ4n) is 4.23. The van der Waals surface area contributed by atoms with Crippen molar-refractivity contribution in [1.82, 2.24) is 4.90 Å². The Morgan fingerprint density at radius 3 is 2.48 bits per heavy atom. The maximum Gasteiger partial charge on any atom is 0.254 e. The molecule has 6 heteroatoms. The minimum absolute atomic E-state index is 0.0402. The predicted octanol–water partition coefficient (Wildman–Crippen LogP) is 4.70. The van der Waals surface area contributed by atoms with Gasteiger partial charge in [-0.2, -0.15) is 0 Å². The van der Waals surface area contributed by atoms with Crippen LogP contribution in [0.5, 0.6) is 5.75 Å². The first kappa shape index (κ1) is 21.9. The number of carbonyl (C=O) groups excluding carboxylic acids is 2. The number of hydrogen-bond donors (Lipinski definition) is 0. The molecule has 2 aliphatic heterocycles. The first-order valence-electron chi connectivity index (χ1n) is 11.0. The van der Waals surface area contributed by atoms with E-state index < -0.39 is 0 Å². The zero-order valence-electron chi connectivity index (χ0n) is 17.9. The number of piperidine rings is 1. The summed E-state index contributed by atoms with van der Waals surface area (Å²) in [6.07, 6.45) is 3.89. The van der Waals surface area contributed by atoms with Crippen LogP contribution in [0.3, 0.4) is 0 Å². The molecule has 31 heavy (non-hydrogen) atoms. The molecular weight excluding hydrogens is 410 g/mol. The van der Waals surface area contributed by atoms with E-state index >= 15 is 0 Å². The lowest BCUT2D eigenvalue weighted by Gasteiger charge is -2.32. The molecule has 0 bridgehead atoms. The van der Waals surface area contributed by atoms with Crippen molar-refractivity contribution < 1.29 is 19.1 Å². The lowest BCUT2D eigenvalue weighted by molar-refractivity contribution is 0.0647. The van der Waals surface area contributed by atoms with Gasteiger partial charge in [0, 0.05) is 41.8 Å². The molecule has 164 valence electrons. The number of ketones is 1. The van der Waals surface area contributed by atoms with Crippen LogP contribution in [0.1, 0.15) is 46.4 Å². The average Bonchev–Trinajstić information content (AvgIpc) is 3.36. The standard InChI is InChI=1S/C25H29NO4S/c1-29-20-10-8-18(9-11-20)24(27)19-12-14-26(15-13-19)25(28)22-6-2-3-7-23(22)31-17-21-5-4-16-30-21/h2-3,6-11,19,21H,4-5,12-17H2,1H3/t21-/m1/s1. The van der Waals surface area contributed by atoms with Crippen molar-refractivity contribution in [2.75, 3.05) is 32.6 Å². The SMILES string of the molecule is COc1ccc(C(=O)C2CCN(C(=O)c3ccccc3SC[C@H]3CCCO3)CC2)cc1. The molecule has 2 saturated heterocycles. The molecule has 0 saturated carbocycles. The molecule has 5 nitrogen and oxygen atoms in total. The molecule has 0 spiro atoms. The molecule has 0 unspecified atom stereocenters. The summed E-state index contributed by atoms with van der Waals surface area (Å²) in [7, 11) is 1.61. The number of amides is 1. The van der Waals surface area contributed by atoms with Gasteiger partial charge in [0.15, 0.2) is 5.78 Å². The normalized spacial score (nSPS) is 19.4. The van der Waals surface area contributed by atoms with Gasteiger partial charge in [-0.15, -0.1) is 11.8 Å². The number of nitrogens with zero attached hydrogens (tertiary/aromatic N) is 1. The summed E-state index contributed by atoms with van der Waals surface area (Å²) in [6.45, 7) is 2.06. The van der Waals surface area contributed by atoms with Gasteiger partial charge in [0.25, 0.3) is 5.91 Å². The van der Waals surface area contributed by atoms with E-state index in [4.69, 9.17) is 9.47 Å². The van der Waals surface area contributed by atoms with Crippen LogP contribution in [0, 0.1) is 5.92 Å². The highest BCUT2D eigenvalue weighted by molar-refractivity contribution is 7.99. The summed E-state index contributed by atoms with van der Waals surface area (Å²) in [5, 5.41) is 0. The minimum Gasteiger partial charge on any atom is -0.497 e. The Morgan fingerprint density at radius 2 is 1.81 bits per heavy atom. The summed E-state index contributed by atoms with van der Waals surface area (Å²) in [5.41, 5.74) is 1.46. The molecule has 1 atom stereocenters. The van der Waals surface area contributed by atoms with Gasteiger partial charge in [-0.3, -0.25) is 9.59 Å². The number of ether oxygens (including phenoxy) is 2. The molecule has 2 aromatic carbocycles. The number of likely N-dealkylation sites (tertiary alicyclic amines) is 1. The molecule has 2 aliphatic rings. The van der Waals surface area contributed by atoms with Gasteiger partial charge in [-0.1, -0.05) is 12.1 Å². The summed E-state index contributed by atoms with van der Waals surface area (Å²) < 4.78 is 10.9. The number of hydrogen-bond acceptors (Lipinski definition) is 5. The summed E-state index contributed by atoms with van der Waals surface area (Å²) >= 11 is 1.71. The Hall–Kier alpha value is -2.31. The van der Waals surface area contributed by atoms with Crippen LogP contribution in [0.15, 0.2) is 53.4 Å². The second-order valence-corrected chi connectivity index (χ2v) is 9.16. The zero-order chi connectivity index (χ0) is 21.6. The first-order chi connectivity index (χ1) is 15.2. The monoisotopic (exact) mass is 439 g/mol. The van der Waals surface area contributed by atoms with Crippen LogP contribution in [-0.2, 0) is 4.74 Å².